The van der Waals surface area contributed by atoms with E-state index < -0.39 is 11.7 Å². The van der Waals surface area contributed by atoms with E-state index in [0.29, 0.717) is 11.1 Å². The summed E-state index contributed by atoms with van der Waals surface area (Å²) in [5.74, 6) is 0. The van der Waals surface area contributed by atoms with Crippen LogP contribution < -0.4 is 0 Å². The van der Waals surface area contributed by atoms with Gasteiger partial charge in [0, 0.05) is 0 Å². The van der Waals surface area contributed by atoms with Crippen LogP contribution in [0, 0.1) is 11.3 Å². The van der Waals surface area contributed by atoms with Gasteiger partial charge in [-0.1, -0.05) is 58.0 Å². The fourth-order valence-corrected chi connectivity index (χ4v) is 3.92. The number of nitriles is 1. The molecule has 0 atom stereocenters. The second-order valence-electron chi connectivity index (χ2n) is 8.82. The van der Waals surface area contributed by atoms with Crippen LogP contribution in [0.3, 0.4) is 0 Å². The number of hydrogen-bond acceptors (Lipinski definition) is 1. The molecule has 0 aromatic heterocycles. The minimum Gasteiger partial charge on any atom is -0.192 e. The van der Waals surface area contributed by atoms with Gasteiger partial charge in [-0.15, -0.1) is 0 Å². The number of alkyl halides is 3. The van der Waals surface area contributed by atoms with Crippen molar-refractivity contribution in [1.29, 1.82) is 5.26 Å². The molecule has 0 N–H and O–H groups in total. The van der Waals surface area contributed by atoms with Gasteiger partial charge < -0.3 is 0 Å². The highest BCUT2D eigenvalue weighted by molar-refractivity contribution is 5.84. The molecule has 1 aliphatic carbocycles. The van der Waals surface area contributed by atoms with E-state index in [2.05, 4.69) is 27.7 Å². The van der Waals surface area contributed by atoms with Crippen molar-refractivity contribution in [2.24, 2.45) is 0 Å². The maximum atomic E-state index is 13.8. The Kier molecular flexibility index (Phi) is 4.91. The van der Waals surface area contributed by atoms with Crippen molar-refractivity contribution in [3.05, 3.63) is 70.3 Å². The summed E-state index contributed by atoms with van der Waals surface area (Å²) in [6, 6.07) is 13.1. The minimum absolute atomic E-state index is 0.0209. The predicted octanol–water partition coefficient (Wildman–Crippen LogP) is 7.01. The summed E-state index contributed by atoms with van der Waals surface area (Å²) in [5, 5.41) is 8.88. The van der Waals surface area contributed by atoms with Gasteiger partial charge in [0.25, 0.3) is 0 Å². The van der Waals surface area contributed by atoms with Gasteiger partial charge in [0.1, 0.15) is 0 Å². The van der Waals surface area contributed by atoms with Crippen LogP contribution in [-0.4, -0.2) is 6.18 Å². The van der Waals surface area contributed by atoms with Crippen molar-refractivity contribution in [1.82, 2.24) is 0 Å². The lowest BCUT2D eigenvalue weighted by molar-refractivity contribution is -0.0683. The number of allylic oxidation sites excluding steroid dienone is 1. The van der Waals surface area contributed by atoms with Crippen LogP contribution in [0.5, 0.6) is 0 Å². The molecule has 0 aliphatic heterocycles. The first-order valence-corrected chi connectivity index (χ1v) is 9.38. The van der Waals surface area contributed by atoms with Crippen molar-refractivity contribution in [2.75, 3.05) is 0 Å². The van der Waals surface area contributed by atoms with Gasteiger partial charge in [0.15, 0.2) is 0 Å². The highest BCUT2D eigenvalue weighted by Gasteiger charge is 2.38. The molecule has 0 radical (unpaired) electrons. The molecule has 0 spiro atoms. The van der Waals surface area contributed by atoms with Crippen molar-refractivity contribution in [2.45, 2.75) is 57.5 Å². The Balaban J connectivity index is 2.12. The average molecular weight is 383 g/mol. The van der Waals surface area contributed by atoms with E-state index >= 15 is 0 Å². The second-order valence-corrected chi connectivity index (χ2v) is 8.82. The zero-order valence-corrected chi connectivity index (χ0v) is 16.6. The van der Waals surface area contributed by atoms with Gasteiger partial charge in [-0.25, -0.2) is 0 Å². The topological polar surface area (TPSA) is 23.8 Å². The van der Waals surface area contributed by atoms with E-state index in [-0.39, 0.29) is 16.4 Å². The van der Waals surface area contributed by atoms with Gasteiger partial charge in [-0.3, -0.25) is 0 Å². The molecular weight excluding hydrogens is 359 g/mol. The van der Waals surface area contributed by atoms with Gasteiger partial charge >= 0.3 is 6.18 Å². The summed E-state index contributed by atoms with van der Waals surface area (Å²) < 4.78 is 41.3. The van der Waals surface area contributed by atoms with Gasteiger partial charge in [-0.2, -0.15) is 18.4 Å². The van der Waals surface area contributed by atoms with E-state index in [1.54, 1.807) is 6.07 Å². The van der Waals surface area contributed by atoms with Gasteiger partial charge in [0.2, 0.25) is 0 Å². The molecule has 0 bridgehead atoms. The van der Waals surface area contributed by atoms with Crippen molar-refractivity contribution < 1.29 is 13.2 Å². The number of nitrogens with zero attached hydrogens (tertiary/aromatic N) is 1. The first kappa shape index (κ1) is 20.2. The summed E-state index contributed by atoms with van der Waals surface area (Å²) in [6.07, 6.45) is -1.22. The van der Waals surface area contributed by atoms with E-state index in [1.807, 2.05) is 18.2 Å². The SMILES string of the molecule is CC1(C)CCC(C)(C)c2cc(/C=C(/c3ccc(C#N)cc3)C(F)(F)F)ccc21. The summed E-state index contributed by atoms with van der Waals surface area (Å²) in [6.45, 7) is 8.68. The molecule has 0 saturated heterocycles. The Labute approximate surface area is 164 Å². The second kappa shape index (κ2) is 6.81. The molecule has 1 aliphatic rings. The number of rotatable bonds is 2. The fraction of sp³-hybridized carbons (Fsp3) is 0.375. The molecule has 0 unspecified atom stereocenters. The minimum atomic E-state index is -4.49. The third kappa shape index (κ3) is 3.85. The van der Waals surface area contributed by atoms with Crippen LogP contribution in [-0.2, 0) is 10.8 Å². The first-order chi connectivity index (χ1) is 12.9. The van der Waals surface area contributed by atoms with Crippen molar-refractivity contribution >= 4 is 11.6 Å². The number of hydrogen-bond donors (Lipinski definition) is 0. The molecule has 0 fully saturated rings. The predicted molar refractivity (Wildman–Crippen MR) is 107 cm³/mol. The Morgan fingerprint density at radius 3 is 2.04 bits per heavy atom. The molecule has 2 aromatic rings. The quantitative estimate of drug-likeness (QED) is 0.512. The average Bonchev–Trinajstić information content (AvgIpc) is 2.63. The molecule has 146 valence electrons. The third-order valence-electron chi connectivity index (χ3n) is 5.82. The van der Waals surface area contributed by atoms with E-state index in [0.717, 1.165) is 18.4 Å². The maximum absolute atomic E-state index is 13.8. The Bertz CT molecular complexity index is 955. The van der Waals surface area contributed by atoms with Gasteiger partial charge in [-0.05, 0) is 64.1 Å². The van der Waals surface area contributed by atoms with E-state index in [1.165, 1.54) is 35.9 Å². The van der Waals surface area contributed by atoms with Crippen LogP contribution in [0.2, 0.25) is 0 Å². The standard InChI is InChI=1S/C24H24F3N/c1-22(2)11-12-23(3,4)21-14-17(7-10-19(21)22)13-20(24(25,26)27)18-8-5-16(15-28)6-9-18/h5-10,13-14H,11-12H2,1-4H3/b20-13-. The van der Waals surface area contributed by atoms with E-state index in [4.69, 9.17) is 5.26 Å². The largest absolute Gasteiger partial charge is 0.417 e. The molecule has 4 heteroatoms. The van der Waals surface area contributed by atoms with Crippen LogP contribution >= 0.6 is 0 Å². The monoisotopic (exact) mass is 383 g/mol. The molecule has 3 rings (SSSR count). The van der Waals surface area contributed by atoms with Crippen molar-refractivity contribution in [3.8, 4) is 6.07 Å². The molecule has 0 heterocycles. The molecular formula is C24H24F3N. The Morgan fingerprint density at radius 2 is 1.50 bits per heavy atom. The Hall–Kier alpha value is -2.54. The molecule has 0 saturated carbocycles. The summed E-state index contributed by atoms with van der Waals surface area (Å²) in [5.41, 5.74) is 2.53. The fourth-order valence-electron chi connectivity index (χ4n) is 3.92. The maximum Gasteiger partial charge on any atom is 0.417 e. The molecule has 0 amide bonds. The van der Waals surface area contributed by atoms with Gasteiger partial charge in [0.05, 0.1) is 17.2 Å². The summed E-state index contributed by atoms with van der Waals surface area (Å²) >= 11 is 0. The zero-order valence-electron chi connectivity index (χ0n) is 16.6. The lowest BCUT2D eigenvalue weighted by atomic mass is 9.63. The Morgan fingerprint density at radius 1 is 0.929 bits per heavy atom. The molecule has 1 nitrogen and oxygen atoms in total. The highest BCUT2D eigenvalue weighted by atomic mass is 19.4. The lowest BCUT2D eigenvalue weighted by Gasteiger charge is -2.42. The normalized spacial score (nSPS) is 18.3. The lowest BCUT2D eigenvalue weighted by Crippen LogP contribution is -2.33. The number of halogens is 3. The van der Waals surface area contributed by atoms with Crippen LogP contribution in [0.15, 0.2) is 42.5 Å². The third-order valence-corrected chi connectivity index (χ3v) is 5.82. The summed E-state index contributed by atoms with van der Waals surface area (Å²) in [4.78, 5) is 0. The molecule has 28 heavy (non-hydrogen) atoms. The first-order valence-electron chi connectivity index (χ1n) is 9.38. The van der Waals surface area contributed by atoms with Crippen LogP contribution in [0.25, 0.3) is 11.6 Å². The van der Waals surface area contributed by atoms with Crippen molar-refractivity contribution in [3.63, 3.8) is 0 Å². The van der Waals surface area contributed by atoms with Crippen LogP contribution in [0.1, 0.15) is 68.4 Å². The van der Waals surface area contributed by atoms with E-state index in [9.17, 15) is 13.2 Å². The summed E-state index contributed by atoms with van der Waals surface area (Å²) in [7, 11) is 0. The highest BCUT2D eigenvalue weighted by Crippen LogP contribution is 2.46. The molecule has 2 aromatic carbocycles. The number of fused-ring (bicyclic) bond motifs is 1. The van der Waals surface area contributed by atoms with Crippen LogP contribution in [0.4, 0.5) is 13.2 Å². The smallest absolute Gasteiger partial charge is 0.192 e. The zero-order chi connectivity index (χ0) is 20.7. The number of benzene rings is 2.